The predicted molar refractivity (Wildman–Crippen MR) is 79.8 cm³/mol. The maximum absolute atomic E-state index is 12.0. The second kappa shape index (κ2) is 4.93. The van der Waals surface area contributed by atoms with Gasteiger partial charge in [0.05, 0.1) is 11.8 Å². The average Bonchev–Trinajstić information content (AvgIpc) is 2.94. The Morgan fingerprint density at radius 3 is 2.81 bits per heavy atom. The van der Waals surface area contributed by atoms with Gasteiger partial charge in [0.2, 0.25) is 11.9 Å². The molecule has 8 nitrogen and oxygen atoms in total. The Kier molecular flexibility index (Phi) is 3.22. The largest absolute Gasteiger partial charge is 0.357 e. The van der Waals surface area contributed by atoms with Crippen LogP contribution in [0.3, 0.4) is 0 Å². The number of fused-ring (bicyclic) bond motifs is 1. The third-order valence-electron chi connectivity index (χ3n) is 3.34. The number of likely N-dealkylation sites (N-methyl/N-ethyl adjacent to an activating group) is 1. The van der Waals surface area contributed by atoms with Crippen LogP contribution in [0.2, 0.25) is 0 Å². The van der Waals surface area contributed by atoms with Gasteiger partial charge in [-0.05, 0) is 13.0 Å². The number of rotatable bonds is 3. The highest BCUT2D eigenvalue weighted by Gasteiger charge is 2.36. The Hall–Kier alpha value is -2.26. The van der Waals surface area contributed by atoms with Crippen LogP contribution in [0.25, 0.3) is 10.2 Å². The Morgan fingerprint density at radius 1 is 1.43 bits per heavy atom. The summed E-state index contributed by atoms with van der Waals surface area (Å²) in [4.78, 5) is 35.0. The van der Waals surface area contributed by atoms with Crippen molar-refractivity contribution in [2.45, 2.75) is 19.4 Å². The molecule has 4 N–H and O–H groups in total. The fraction of sp³-hybridized carbons (Fsp3) is 0.333. The molecule has 0 radical (unpaired) electrons. The molecule has 1 aliphatic heterocycles. The van der Waals surface area contributed by atoms with Crippen LogP contribution in [0.4, 0.5) is 11.8 Å². The van der Waals surface area contributed by atoms with E-state index in [1.54, 1.807) is 0 Å². The Bertz CT molecular complexity index is 743. The molecule has 1 saturated heterocycles. The van der Waals surface area contributed by atoms with Crippen LogP contribution in [-0.4, -0.2) is 39.8 Å². The van der Waals surface area contributed by atoms with E-state index in [9.17, 15) is 9.59 Å². The maximum Gasteiger partial charge on any atom is 0.251 e. The van der Waals surface area contributed by atoms with Gasteiger partial charge in [0, 0.05) is 11.9 Å². The quantitative estimate of drug-likeness (QED) is 0.429. The van der Waals surface area contributed by atoms with Gasteiger partial charge in [-0.3, -0.25) is 19.9 Å². The lowest BCUT2D eigenvalue weighted by molar-refractivity contribution is -0.136. The van der Waals surface area contributed by atoms with Crippen molar-refractivity contribution in [3.63, 3.8) is 0 Å². The van der Waals surface area contributed by atoms with Crippen molar-refractivity contribution in [3.8, 4) is 0 Å². The lowest BCUT2D eigenvalue weighted by Gasteiger charge is -2.13. The van der Waals surface area contributed by atoms with Gasteiger partial charge in [-0.2, -0.15) is 4.98 Å². The highest BCUT2D eigenvalue weighted by Crippen LogP contribution is 2.30. The molecule has 1 fully saturated rings. The van der Waals surface area contributed by atoms with E-state index in [0.29, 0.717) is 5.82 Å². The van der Waals surface area contributed by atoms with Gasteiger partial charge in [-0.15, -0.1) is 11.3 Å². The number of carbonyl (C=O) groups excluding carboxylic acids is 2. The van der Waals surface area contributed by atoms with Crippen LogP contribution in [0.5, 0.6) is 0 Å². The van der Waals surface area contributed by atoms with Crippen molar-refractivity contribution in [2.75, 3.05) is 17.8 Å². The molecule has 9 heteroatoms. The van der Waals surface area contributed by atoms with Crippen LogP contribution in [-0.2, 0) is 9.59 Å². The van der Waals surface area contributed by atoms with Crippen LogP contribution < -0.4 is 16.6 Å². The van der Waals surface area contributed by atoms with Crippen molar-refractivity contribution in [1.29, 1.82) is 0 Å². The summed E-state index contributed by atoms with van der Waals surface area (Å²) in [5.41, 5.74) is 2.40. The van der Waals surface area contributed by atoms with Gasteiger partial charge in [0.15, 0.2) is 0 Å². The van der Waals surface area contributed by atoms with E-state index in [4.69, 9.17) is 5.84 Å². The lowest BCUT2D eigenvalue weighted by atomic mass is 10.2. The average molecular weight is 306 g/mol. The molecule has 0 saturated carbocycles. The summed E-state index contributed by atoms with van der Waals surface area (Å²) in [5.74, 6) is 5.66. The smallest absolute Gasteiger partial charge is 0.251 e. The van der Waals surface area contributed by atoms with Crippen molar-refractivity contribution in [3.05, 3.63) is 10.9 Å². The molecule has 0 spiro atoms. The maximum atomic E-state index is 12.0. The van der Waals surface area contributed by atoms with E-state index in [-0.39, 0.29) is 24.2 Å². The van der Waals surface area contributed by atoms with E-state index in [1.165, 1.54) is 18.4 Å². The molecule has 110 valence electrons. The first-order valence-electron chi connectivity index (χ1n) is 6.31. The van der Waals surface area contributed by atoms with Crippen molar-refractivity contribution < 1.29 is 9.59 Å². The number of nitrogen functional groups attached to an aromatic ring is 1. The first-order valence-corrected chi connectivity index (χ1v) is 7.13. The molecule has 1 aliphatic rings. The summed E-state index contributed by atoms with van der Waals surface area (Å²) in [6.07, 6.45) is 0.120. The van der Waals surface area contributed by atoms with E-state index in [0.717, 1.165) is 20.0 Å². The molecular weight excluding hydrogens is 292 g/mol. The number of likely N-dealkylation sites (tertiary alicyclic amines) is 1. The van der Waals surface area contributed by atoms with Gasteiger partial charge >= 0.3 is 0 Å². The van der Waals surface area contributed by atoms with Crippen LogP contribution in [0.1, 0.15) is 11.3 Å². The number of nitrogens with one attached hydrogen (secondary N) is 2. The number of hydrogen-bond donors (Lipinski definition) is 3. The molecule has 0 aromatic carbocycles. The van der Waals surface area contributed by atoms with E-state index in [1.807, 2.05) is 13.0 Å². The number of amides is 2. The number of hydrogen-bond acceptors (Lipinski definition) is 8. The number of thiophene rings is 1. The van der Waals surface area contributed by atoms with Gasteiger partial charge in [-0.1, -0.05) is 0 Å². The summed E-state index contributed by atoms with van der Waals surface area (Å²) < 4.78 is 0. The summed E-state index contributed by atoms with van der Waals surface area (Å²) in [5, 5.41) is 3.84. The zero-order valence-corrected chi connectivity index (χ0v) is 12.3. The second-order valence-corrected chi connectivity index (χ2v) is 6.04. The highest BCUT2D eigenvalue weighted by molar-refractivity contribution is 7.18. The normalized spacial score (nSPS) is 18.6. The molecule has 3 rings (SSSR count). The van der Waals surface area contributed by atoms with Crippen LogP contribution in [0, 0.1) is 6.92 Å². The van der Waals surface area contributed by atoms with Crippen molar-refractivity contribution >= 4 is 45.1 Å². The molecular formula is C12H14N6O2S. The zero-order chi connectivity index (χ0) is 15.1. The monoisotopic (exact) mass is 306 g/mol. The van der Waals surface area contributed by atoms with E-state index >= 15 is 0 Å². The van der Waals surface area contributed by atoms with Crippen LogP contribution in [0.15, 0.2) is 6.07 Å². The predicted octanol–water partition coefficient (Wildman–Crippen LogP) is 0.455. The van der Waals surface area contributed by atoms with E-state index < -0.39 is 6.04 Å². The number of nitrogens with zero attached hydrogens (tertiary/aromatic N) is 3. The van der Waals surface area contributed by atoms with Gasteiger partial charge in [-0.25, -0.2) is 10.8 Å². The Labute approximate surface area is 124 Å². The minimum absolute atomic E-state index is 0.120. The molecule has 1 unspecified atom stereocenters. The number of hydrazine groups is 1. The zero-order valence-electron chi connectivity index (χ0n) is 11.5. The Morgan fingerprint density at radius 2 is 2.19 bits per heavy atom. The number of nitrogens with two attached hydrogens (primary N) is 1. The summed E-state index contributed by atoms with van der Waals surface area (Å²) in [6.45, 7) is 1.96. The lowest BCUT2D eigenvalue weighted by Crippen LogP contribution is -2.32. The molecule has 2 aromatic heterocycles. The topological polar surface area (TPSA) is 113 Å². The second-order valence-electron chi connectivity index (χ2n) is 4.81. The van der Waals surface area contributed by atoms with Crippen molar-refractivity contribution in [1.82, 2.24) is 14.9 Å². The first-order chi connectivity index (χ1) is 9.99. The molecule has 1 atom stereocenters. The van der Waals surface area contributed by atoms with Crippen LogP contribution >= 0.6 is 11.3 Å². The molecule has 0 aliphatic carbocycles. The standard InChI is InChI=1S/C12H14N6O2S/c1-5-3-6-9(15-12(17-13)16-10(6)21-5)14-7-4-8(19)18(2)11(7)20/h3,7H,4,13H2,1-2H3,(H2,14,15,16,17). The molecule has 2 aromatic rings. The minimum atomic E-state index is -0.605. The summed E-state index contributed by atoms with van der Waals surface area (Å²) in [7, 11) is 1.48. The number of anilines is 2. The Balaban J connectivity index is 2.00. The first kappa shape index (κ1) is 13.7. The third kappa shape index (κ3) is 2.30. The summed E-state index contributed by atoms with van der Waals surface area (Å²) in [6, 6.07) is 1.33. The minimum Gasteiger partial charge on any atom is -0.357 e. The highest BCUT2D eigenvalue weighted by atomic mass is 32.1. The van der Waals surface area contributed by atoms with Gasteiger partial charge < -0.3 is 5.32 Å². The SMILES string of the molecule is Cc1cc2c(NC3CC(=O)N(C)C3=O)nc(NN)nc2s1. The molecule has 3 heterocycles. The van der Waals surface area contributed by atoms with E-state index in [2.05, 4.69) is 20.7 Å². The van der Waals surface area contributed by atoms with Gasteiger partial charge in [0.25, 0.3) is 5.91 Å². The number of imide groups is 1. The summed E-state index contributed by atoms with van der Waals surface area (Å²) >= 11 is 1.51. The third-order valence-corrected chi connectivity index (χ3v) is 4.28. The van der Waals surface area contributed by atoms with Crippen molar-refractivity contribution in [2.24, 2.45) is 5.84 Å². The fourth-order valence-corrected chi connectivity index (χ4v) is 3.13. The number of aryl methyl sites for hydroxylation is 1. The van der Waals surface area contributed by atoms with Gasteiger partial charge in [0.1, 0.15) is 16.7 Å². The molecule has 21 heavy (non-hydrogen) atoms. The molecule has 0 bridgehead atoms. The fourth-order valence-electron chi connectivity index (χ4n) is 2.25. The number of aromatic nitrogens is 2. The number of carbonyl (C=O) groups is 2. The molecule has 2 amide bonds.